The van der Waals surface area contributed by atoms with Crippen LogP contribution in [0.25, 0.3) is 5.57 Å². The van der Waals surface area contributed by atoms with Crippen molar-refractivity contribution in [2.75, 3.05) is 26.3 Å². The van der Waals surface area contributed by atoms with Crippen LogP contribution in [0.5, 0.6) is 0 Å². The highest BCUT2D eigenvalue weighted by Gasteiger charge is 2.52. The van der Waals surface area contributed by atoms with E-state index in [1.807, 2.05) is 6.07 Å². The Kier molecular flexibility index (Phi) is 8.20. The molecule has 9 nitrogen and oxygen atoms in total. The fourth-order valence-electron chi connectivity index (χ4n) is 6.60. The van der Waals surface area contributed by atoms with Gasteiger partial charge in [0, 0.05) is 38.2 Å². The number of nitrogens with two attached hydrogens (primary N) is 1. The lowest BCUT2D eigenvalue weighted by Gasteiger charge is -2.36. The number of benzene rings is 1. The second-order valence-corrected chi connectivity index (χ2v) is 12.5. The number of rotatable bonds is 7. The molecule has 3 fully saturated rings. The molecule has 2 saturated heterocycles. The fourth-order valence-corrected chi connectivity index (χ4v) is 6.60. The first kappa shape index (κ1) is 28.5. The topological polar surface area (TPSA) is 114 Å². The number of nitrogens with zero attached hydrogens (tertiary/aromatic N) is 2. The van der Waals surface area contributed by atoms with Crippen LogP contribution in [0.15, 0.2) is 24.3 Å². The quantitative estimate of drug-likeness (QED) is 0.534. The largest absolute Gasteiger partial charge is 0.444 e. The number of nitrogens with one attached hydrogen (secondary N) is 1. The molecule has 1 aromatic rings. The number of primary amides is 1. The highest BCUT2D eigenvalue weighted by Crippen LogP contribution is 2.43. The number of ether oxygens (including phenoxy) is 2. The second-order valence-electron chi connectivity index (χ2n) is 12.5. The fraction of sp³-hybridized carbons (Fsp3) is 0.633. The Morgan fingerprint density at radius 3 is 2.62 bits per heavy atom. The number of carbonyl (C=O) groups excluding carboxylic acids is 3. The zero-order chi connectivity index (χ0) is 28.6. The Balaban J connectivity index is 1.24. The summed E-state index contributed by atoms with van der Waals surface area (Å²) in [6, 6.07) is 3.55. The number of hydrogen-bond acceptors (Lipinski definition) is 6. The zero-order valence-electron chi connectivity index (χ0n) is 23.7. The van der Waals surface area contributed by atoms with Crippen molar-refractivity contribution in [3.8, 4) is 0 Å². The van der Waals surface area contributed by atoms with Gasteiger partial charge in [-0.15, -0.1) is 0 Å². The summed E-state index contributed by atoms with van der Waals surface area (Å²) in [5.74, 6) is -1.66. The van der Waals surface area contributed by atoms with Gasteiger partial charge in [-0.1, -0.05) is 18.2 Å². The van der Waals surface area contributed by atoms with Gasteiger partial charge in [-0.05, 0) is 81.6 Å². The molecule has 1 saturated carbocycles. The molecule has 1 unspecified atom stereocenters. The Morgan fingerprint density at radius 1 is 1.20 bits per heavy atom. The highest BCUT2D eigenvalue weighted by molar-refractivity contribution is 5.91. The van der Waals surface area contributed by atoms with Gasteiger partial charge in [-0.2, -0.15) is 0 Å². The van der Waals surface area contributed by atoms with Gasteiger partial charge in [0.05, 0.1) is 6.61 Å². The molecule has 0 aromatic heterocycles. The zero-order valence-corrected chi connectivity index (χ0v) is 23.7. The molecule has 3 aliphatic heterocycles. The molecular formula is C30H41FN4O5. The molecule has 4 aliphatic rings. The lowest BCUT2D eigenvalue weighted by Crippen LogP contribution is -2.57. The molecule has 5 rings (SSSR count). The van der Waals surface area contributed by atoms with Gasteiger partial charge < -0.3 is 20.5 Å². The molecule has 1 aromatic carbocycles. The van der Waals surface area contributed by atoms with Crippen LogP contribution in [0, 0.1) is 11.7 Å². The molecule has 10 heteroatoms. The average Bonchev–Trinajstić information content (AvgIpc) is 3.66. The molecule has 5 atom stereocenters. The lowest BCUT2D eigenvalue weighted by molar-refractivity contribution is -0.132. The summed E-state index contributed by atoms with van der Waals surface area (Å²) in [5.41, 5.74) is 7.16. The Morgan fingerprint density at radius 2 is 2.00 bits per heavy atom. The van der Waals surface area contributed by atoms with Crippen molar-refractivity contribution < 1.29 is 28.2 Å². The second kappa shape index (κ2) is 11.5. The number of piperidine rings is 1. The van der Waals surface area contributed by atoms with Gasteiger partial charge in [0.2, 0.25) is 11.8 Å². The van der Waals surface area contributed by atoms with Crippen LogP contribution in [-0.2, 0) is 25.5 Å². The molecule has 40 heavy (non-hydrogen) atoms. The van der Waals surface area contributed by atoms with Crippen LogP contribution in [0.3, 0.4) is 0 Å². The number of fused-ring (bicyclic) bond motifs is 2. The van der Waals surface area contributed by atoms with E-state index < -0.39 is 41.4 Å². The van der Waals surface area contributed by atoms with Gasteiger partial charge in [-0.25, -0.2) is 9.18 Å². The predicted molar refractivity (Wildman–Crippen MR) is 148 cm³/mol. The van der Waals surface area contributed by atoms with E-state index in [1.165, 1.54) is 11.0 Å². The van der Waals surface area contributed by atoms with E-state index >= 15 is 4.39 Å². The lowest BCUT2D eigenvalue weighted by atomic mass is 9.95. The third-order valence-corrected chi connectivity index (χ3v) is 8.63. The Bertz CT molecular complexity index is 1180. The molecule has 0 spiro atoms. The van der Waals surface area contributed by atoms with Crippen LogP contribution in [0.1, 0.15) is 64.0 Å². The number of halogens is 1. The van der Waals surface area contributed by atoms with Crippen molar-refractivity contribution in [2.45, 2.75) is 89.1 Å². The van der Waals surface area contributed by atoms with Gasteiger partial charge >= 0.3 is 6.09 Å². The first-order valence-electron chi connectivity index (χ1n) is 14.4. The summed E-state index contributed by atoms with van der Waals surface area (Å²) in [6.07, 6.45) is 5.77. The predicted octanol–water partition coefficient (Wildman–Crippen LogP) is 3.00. The van der Waals surface area contributed by atoms with Crippen molar-refractivity contribution in [3.63, 3.8) is 0 Å². The van der Waals surface area contributed by atoms with Crippen LogP contribution < -0.4 is 11.1 Å². The van der Waals surface area contributed by atoms with E-state index in [0.717, 1.165) is 69.5 Å². The number of amides is 3. The minimum atomic E-state index is -1.11. The van der Waals surface area contributed by atoms with Crippen LogP contribution in [0.4, 0.5) is 9.18 Å². The van der Waals surface area contributed by atoms with E-state index in [2.05, 4.69) is 16.3 Å². The Labute approximate surface area is 235 Å². The first-order chi connectivity index (χ1) is 19.0. The minimum absolute atomic E-state index is 0.0112. The number of hydrogen-bond donors (Lipinski definition) is 2. The standard InChI is InChI=1S/C30H41FN4O5/c1-30(2,3)40-29(38)35-22-7-6-21(14-22)26(35)28(37)33-25(27(32)36)16-20-5-4-19(15-24(20)31)18-8-11-34(12-9-18)23-10-13-39-17-23/h4-5,8,15,21-23,25-26H,6-7,9-14,16-17H2,1-3H3,(H2,32,36)(H,33,37)/t21-,22+,23?,25-,26-/m0/s1. The molecule has 2 bridgehead atoms. The number of carbonyl (C=O) groups is 3. The van der Waals surface area contributed by atoms with E-state index in [-0.39, 0.29) is 18.4 Å². The van der Waals surface area contributed by atoms with Gasteiger partial charge in [-0.3, -0.25) is 19.4 Å². The van der Waals surface area contributed by atoms with Crippen molar-refractivity contribution in [3.05, 3.63) is 41.2 Å². The van der Waals surface area contributed by atoms with E-state index in [4.69, 9.17) is 15.2 Å². The maximum atomic E-state index is 15.2. The first-order valence-corrected chi connectivity index (χ1v) is 14.4. The normalized spacial score (nSPS) is 27.4. The summed E-state index contributed by atoms with van der Waals surface area (Å²) < 4.78 is 26.3. The van der Waals surface area contributed by atoms with E-state index in [9.17, 15) is 14.4 Å². The van der Waals surface area contributed by atoms with Crippen molar-refractivity contribution in [1.29, 1.82) is 0 Å². The molecule has 1 aliphatic carbocycles. The maximum Gasteiger partial charge on any atom is 0.411 e. The molecule has 3 amide bonds. The van der Waals surface area contributed by atoms with Crippen LogP contribution in [-0.4, -0.2) is 83.8 Å². The smallest absolute Gasteiger partial charge is 0.411 e. The summed E-state index contributed by atoms with van der Waals surface area (Å²) >= 11 is 0. The summed E-state index contributed by atoms with van der Waals surface area (Å²) in [7, 11) is 0. The Hall–Kier alpha value is -2.98. The summed E-state index contributed by atoms with van der Waals surface area (Å²) in [5, 5.41) is 2.72. The minimum Gasteiger partial charge on any atom is -0.444 e. The monoisotopic (exact) mass is 556 g/mol. The van der Waals surface area contributed by atoms with Gasteiger partial charge in [0.15, 0.2) is 0 Å². The summed E-state index contributed by atoms with van der Waals surface area (Å²) in [4.78, 5) is 42.6. The van der Waals surface area contributed by atoms with Crippen LogP contribution in [0.2, 0.25) is 0 Å². The average molecular weight is 557 g/mol. The number of likely N-dealkylation sites (tertiary alicyclic amines) is 1. The van der Waals surface area contributed by atoms with Crippen molar-refractivity contribution in [2.24, 2.45) is 11.7 Å². The summed E-state index contributed by atoms with van der Waals surface area (Å²) in [6.45, 7) is 8.63. The molecule has 218 valence electrons. The van der Waals surface area contributed by atoms with E-state index in [0.29, 0.717) is 11.6 Å². The molecule has 0 radical (unpaired) electrons. The molecule has 3 heterocycles. The maximum absolute atomic E-state index is 15.2. The van der Waals surface area contributed by atoms with Crippen molar-refractivity contribution >= 4 is 23.5 Å². The van der Waals surface area contributed by atoms with Crippen LogP contribution >= 0.6 is 0 Å². The van der Waals surface area contributed by atoms with Crippen molar-refractivity contribution in [1.82, 2.24) is 15.1 Å². The van der Waals surface area contributed by atoms with Gasteiger partial charge in [0.25, 0.3) is 0 Å². The highest BCUT2D eigenvalue weighted by atomic mass is 19.1. The molecule has 3 N–H and O–H groups in total. The molecular weight excluding hydrogens is 515 g/mol. The third-order valence-electron chi connectivity index (χ3n) is 8.63. The third kappa shape index (κ3) is 6.17. The van der Waals surface area contributed by atoms with Gasteiger partial charge in [0.1, 0.15) is 23.5 Å². The SMILES string of the molecule is CC(C)(C)OC(=O)N1[C@@H]2CC[C@@H](C2)[C@H]1C(=O)N[C@@H](Cc1ccc(C2=CCN(C3CCOC3)CC2)cc1F)C(N)=O. The van der Waals surface area contributed by atoms with E-state index in [1.54, 1.807) is 26.8 Å².